The van der Waals surface area contributed by atoms with Crippen molar-refractivity contribution in [3.05, 3.63) is 54.4 Å². The summed E-state index contributed by atoms with van der Waals surface area (Å²) in [4.78, 5) is 42.3. The highest BCUT2D eigenvalue weighted by atomic mass is 16.2. The predicted molar refractivity (Wildman–Crippen MR) is 102 cm³/mol. The van der Waals surface area contributed by atoms with Crippen molar-refractivity contribution in [2.24, 2.45) is 5.92 Å². The van der Waals surface area contributed by atoms with Gasteiger partial charge >= 0.3 is 0 Å². The van der Waals surface area contributed by atoms with Crippen LogP contribution < -0.4 is 10.6 Å². The largest absolute Gasteiger partial charge is 0.339 e. The zero-order valence-electron chi connectivity index (χ0n) is 15.3. The minimum Gasteiger partial charge on any atom is -0.339 e. The second-order valence-electron chi connectivity index (χ2n) is 6.80. The summed E-state index contributed by atoms with van der Waals surface area (Å²) < 4.78 is 0. The molecule has 1 fully saturated rings. The lowest BCUT2D eigenvalue weighted by molar-refractivity contribution is -0.129. The molecule has 2 heterocycles. The normalized spacial score (nSPS) is 16.5. The molecule has 1 aromatic carbocycles. The number of nitrogens with zero attached hydrogens (tertiary/aromatic N) is 2. The molecule has 0 unspecified atom stereocenters. The number of hydrogen-bond acceptors (Lipinski definition) is 4. The fourth-order valence-electron chi connectivity index (χ4n) is 3.00. The van der Waals surface area contributed by atoms with E-state index in [0.29, 0.717) is 23.5 Å². The minimum absolute atomic E-state index is 0.00701. The van der Waals surface area contributed by atoms with Gasteiger partial charge in [-0.05, 0) is 50.2 Å². The van der Waals surface area contributed by atoms with Crippen LogP contribution in [-0.2, 0) is 9.59 Å². The summed E-state index contributed by atoms with van der Waals surface area (Å²) in [7, 11) is 0. The van der Waals surface area contributed by atoms with Crippen molar-refractivity contribution in [3.63, 3.8) is 0 Å². The third-order valence-corrected chi connectivity index (χ3v) is 4.49. The van der Waals surface area contributed by atoms with Crippen molar-refractivity contribution >= 4 is 29.1 Å². The molecule has 7 heteroatoms. The van der Waals surface area contributed by atoms with Crippen LogP contribution in [0.4, 0.5) is 11.4 Å². The molecular formula is C20H22N4O3. The second kappa shape index (κ2) is 7.99. The van der Waals surface area contributed by atoms with Crippen LogP contribution >= 0.6 is 0 Å². The first-order valence-corrected chi connectivity index (χ1v) is 8.86. The Kier molecular flexibility index (Phi) is 5.49. The van der Waals surface area contributed by atoms with Gasteiger partial charge in [-0.1, -0.05) is 0 Å². The van der Waals surface area contributed by atoms with Gasteiger partial charge in [-0.2, -0.15) is 0 Å². The Morgan fingerprint density at radius 1 is 1.11 bits per heavy atom. The van der Waals surface area contributed by atoms with E-state index < -0.39 is 0 Å². The highest BCUT2D eigenvalue weighted by Gasteiger charge is 2.35. The summed E-state index contributed by atoms with van der Waals surface area (Å²) in [5, 5.41) is 5.57. The monoisotopic (exact) mass is 366 g/mol. The maximum Gasteiger partial charge on any atom is 0.255 e. The van der Waals surface area contributed by atoms with Gasteiger partial charge < -0.3 is 15.5 Å². The number of amides is 3. The Balaban J connectivity index is 1.58. The minimum atomic E-state index is -0.353. The SMILES string of the molecule is CC(C)N1C[C@H](C(=O)Nc2ccc(C(=O)Nc3cccnc3)cc2)CC1=O. The predicted octanol–water partition coefficient (Wildman–Crippen LogP) is 2.53. The van der Waals surface area contributed by atoms with Crippen molar-refractivity contribution in [2.45, 2.75) is 26.3 Å². The quantitative estimate of drug-likeness (QED) is 0.851. The molecule has 0 aliphatic carbocycles. The molecule has 0 bridgehead atoms. The van der Waals surface area contributed by atoms with E-state index in [4.69, 9.17) is 0 Å². The van der Waals surface area contributed by atoms with Crippen LogP contribution in [0.1, 0.15) is 30.6 Å². The fourth-order valence-corrected chi connectivity index (χ4v) is 3.00. The third kappa shape index (κ3) is 4.49. The lowest BCUT2D eigenvalue weighted by Gasteiger charge is -2.20. The molecular weight excluding hydrogens is 344 g/mol. The van der Waals surface area contributed by atoms with E-state index in [1.54, 1.807) is 53.7 Å². The summed E-state index contributed by atoms with van der Waals surface area (Å²) in [6.45, 7) is 4.31. The van der Waals surface area contributed by atoms with Crippen LogP contribution in [0, 0.1) is 5.92 Å². The highest BCUT2D eigenvalue weighted by Crippen LogP contribution is 2.22. The Bertz CT molecular complexity index is 834. The molecule has 0 saturated carbocycles. The van der Waals surface area contributed by atoms with Gasteiger partial charge in [0.25, 0.3) is 5.91 Å². The van der Waals surface area contributed by atoms with Gasteiger partial charge in [0.15, 0.2) is 0 Å². The van der Waals surface area contributed by atoms with Gasteiger partial charge in [-0.15, -0.1) is 0 Å². The van der Waals surface area contributed by atoms with E-state index in [0.717, 1.165) is 0 Å². The van der Waals surface area contributed by atoms with Gasteiger partial charge in [-0.25, -0.2) is 0 Å². The molecule has 0 spiro atoms. The average Bonchev–Trinajstić information content (AvgIpc) is 3.05. The number of likely N-dealkylation sites (tertiary alicyclic amines) is 1. The molecule has 140 valence electrons. The molecule has 2 aromatic rings. The molecule has 27 heavy (non-hydrogen) atoms. The smallest absolute Gasteiger partial charge is 0.255 e. The summed E-state index contributed by atoms with van der Waals surface area (Å²) in [6.07, 6.45) is 3.43. The number of carbonyl (C=O) groups excluding carboxylic acids is 3. The van der Waals surface area contributed by atoms with Crippen molar-refractivity contribution in [2.75, 3.05) is 17.2 Å². The number of carbonyl (C=O) groups is 3. The van der Waals surface area contributed by atoms with Crippen LogP contribution in [0.25, 0.3) is 0 Å². The number of anilines is 2. The van der Waals surface area contributed by atoms with E-state index in [1.165, 1.54) is 0 Å². The summed E-state index contributed by atoms with van der Waals surface area (Å²) >= 11 is 0. The van der Waals surface area contributed by atoms with E-state index >= 15 is 0 Å². The maximum atomic E-state index is 12.4. The summed E-state index contributed by atoms with van der Waals surface area (Å²) in [5.41, 5.74) is 1.67. The van der Waals surface area contributed by atoms with Crippen LogP contribution in [0.3, 0.4) is 0 Å². The van der Waals surface area contributed by atoms with Crippen molar-refractivity contribution in [1.29, 1.82) is 0 Å². The van der Waals surface area contributed by atoms with Crippen LogP contribution in [0.5, 0.6) is 0 Å². The second-order valence-corrected chi connectivity index (χ2v) is 6.80. The van der Waals surface area contributed by atoms with Crippen molar-refractivity contribution in [3.8, 4) is 0 Å². The molecule has 3 amide bonds. The number of pyridine rings is 1. The number of nitrogens with one attached hydrogen (secondary N) is 2. The Labute approximate surface area is 157 Å². The molecule has 2 N–H and O–H groups in total. The molecule has 7 nitrogen and oxygen atoms in total. The molecule has 1 aliphatic rings. The lowest BCUT2D eigenvalue weighted by atomic mass is 10.1. The van der Waals surface area contributed by atoms with Crippen LogP contribution in [0.15, 0.2) is 48.8 Å². The van der Waals surface area contributed by atoms with Gasteiger partial charge in [0.05, 0.1) is 17.8 Å². The maximum absolute atomic E-state index is 12.4. The first-order chi connectivity index (χ1) is 12.9. The van der Waals surface area contributed by atoms with E-state index in [9.17, 15) is 14.4 Å². The Morgan fingerprint density at radius 2 is 1.85 bits per heavy atom. The molecule has 1 aliphatic heterocycles. The molecule has 3 rings (SSSR count). The van der Waals surface area contributed by atoms with Crippen molar-refractivity contribution < 1.29 is 14.4 Å². The topological polar surface area (TPSA) is 91.4 Å². The first kappa shape index (κ1) is 18.6. The Morgan fingerprint density at radius 3 is 2.44 bits per heavy atom. The standard InChI is InChI=1S/C20H22N4O3/c1-13(2)24-12-15(10-18(24)25)20(27)22-16-7-5-14(6-8-16)19(26)23-17-4-3-9-21-11-17/h3-9,11,13,15H,10,12H2,1-2H3,(H,22,27)(H,23,26)/t15-/m1/s1. The molecule has 1 aromatic heterocycles. The summed E-state index contributed by atoms with van der Waals surface area (Å²) in [6, 6.07) is 10.2. The molecule has 1 atom stereocenters. The average molecular weight is 366 g/mol. The van der Waals surface area contributed by atoms with Gasteiger partial charge in [0.1, 0.15) is 0 Å². The summed E-state index contributed by atoms with van der Waals surface area (Å²) in [5.74, 6) is -0.782. The number of hydrogen-bond donors (Lipinski definition) is 2. The van der Waals surface area contributed by atoms with E-state index in [-0.39, 0.29) is 36.1 Å². The zero-order chi connectivity index (χ0) is 19.4. The van der Waals surface area contributed by atoms with E-state index in [2.05, 4.69) is 15.6 Å². The Hall–Kier alpha value is -3.22. The van der Waals surface area contributed by atoms with Crippen LogP contribution in [0.2, 0.25) is 0 Å². The number of aromatic nitrogens is 1. The number of benzene rings is 1. The van der Waals surface area contributed by atoms with Gasteiger partial charge in [-0.3, -0.25) is 19.4 Å². The number of rotatable bonds is 5. The fraction of sp³-hybridized carbons (Fsp3) is 0.300. The van der Waals surface area contributed by atoms with Crippen LogP contribution in [-0.4, -0.2) is 40.2 Å². The zero-order valence-corrected chi connectivity index (χ0v) is 15.3. The van der Waals surface area contributed by atoms with E-state index in [1.807, 2.05) is 13.8 Å². The highest BCUT2D eigenvalue weighted by molar-refractivity contribution is 6.04. The van der Waals surface area contributed by atoms with Crippen molar-refractivity contribution in [1.82, 2.24) is 9.88 Å². The third-order valence-electron chi connectivity index (χ3n) is 4.49. The molecule has 1 saturated heterocycles. The van der Waals surface area contributed by atoms with Gasteiger partial charge in [0.2, 0.25) is 11.8 Å². The molecule has 0 radical (unpaired) electrons. The first-order valence-electron chi connectivity index (χ1n) is 8.86. The van der Waals surface area contributed by atoms with Gasteiger partial charge in [0, 0.05) is 36.5 Å². The lowest BCUT2D eigenvalue weighted by Crippen LogP contribution is -2.33.